The summed E-state index contributed by atoms with van der Waals surface area (Å²) in [6, 6.07) is 5.93. The summed E-state index contributed by atoms with van der Waals surface area (Å²) in [4.78, 5) is 11.7. The first-order chi connectivity index (χ1) is 8.28. The second kappa shape index (κ2) is 4.57. The van der Waals surface area contributed by atoms with Crippen molar-refractivity contribution in [2.45, 2.75) is 32.0 Å². The predicted octanol–water partition coefficient (Wildman–Crippen LogP) is 4.00. The van der Waals surface area contributed by atoms with Crippen LogP contribution < -0.4 is 5.76 Å². The molecule has 1 atom stereocenters. The average molecular weight is 312 g/mol. The van der Waals surface area contributed by atoms with Crippen molar-refractivity contribution in [1.82, 2.24) is 4.57 Å². The Balaban J connectivity index is 2.38. The van der Waals surface area contributed by atoms with Gasteiger partial charge in [-0.3, -0.25) is 4.57 Å². The van der Waals surface area contributed by atoms with Crippen molar-refractivity contribution in [3.05, 3.63) is 34.3 Å². The Morgan fingerprint density at radius 3 is 2.67 bits per heavy atom. The quantitative estimate of drug-likeness (QED) is 0.786. The fraction of sp³-hybridized carbons (Fsp3) is 0.500. The number of hydrogen-bond donors (Lipinski definition) is 0. The van der Waals surface area contributed by atoms with Crippen LogP contribution in [0.4, 0.5) is 0 Å². The zero-order chi connectivity index (χ0) is 13.5. The lowest BCUT2D eigenvalue weighted by Crippen LogP contribution is -2.08. The second-order valence-electron chi connectivity index (χ2n) is 5.89. The number of halogens is 1. The van der Waals surface area contributed by atoms with Crippen LogP contribution in [0, 0.1) is 5.41 Å². The van der Waals surface area contributed by atoms with Crippen molar-refractivity contribution in [3.8, 4) is 0 Å². The van der Waals surface area contributed by atoms with Crippen LogP contribution >= 0.6 is 15.9 Å². The van der Waals surface area contributed by atoms with Gasteiger partial charge < -0.3 is 4.42 Å². The molecule has 1 aromatic carbocycles. The minimum Gasteiger partial charge on any atom is -0.408 e. The Kier molecular flexibility index (Phi) is 3.41. The van der Waals surface area contributed by atoms with Gasteiger partial charge in [0.05, 0.1) is 5.52 Å². The minimum absolute atomic E-state index is 0.251. The number of rotatable bonds is 2. The van der Waals surface area contributed by atoms with E-state index in [1.165, 1.54) is 4.57 Å². The second-order valence-corrected chi connectivity index (χ2v) is 6.99. The summed E-state index contributed by atoms with van der Waals surface area (Å²) in [6.45, 7) is 6.63. The normalized spacial score (nSPS) is 14.1. The van der Waals surface area contributed by atoms with Crippen molar-refractivity contribution in [1.29, 1.82) is 0 Å². The highest BCUT2D eigenvalue weighted by atomic mass is 79.9. The van der Waals surface area contributed by atoms with Crippen LogP contribution in [0.2, 0.25) is 0 Å². The summed E-state index contributed by atoms with van der Waals surface area (Å²) in [7, 11) is 1.72. The first-order valence-corrected chi connectivity index (χ1v) is 6.93. The molecule has 0 aliphatic rings. The summed E-state index contributed by atoms with van der Waals surface area (Å²) in [5.74, 6) is -0.316. The third kappa shape index (κ3) is 2.69. The third-order valence-electron chi connectivity index (χ3n) is 2.97. The number of nitrogens with zero attached hydrogens (tertiary/aromatic N) is 1. The molecule has 0 aliphatic heterocycles. The van der Waals surface area contributed by atoms with E-state index in [2.05, 4.69) is 36.7 Å². The Labute approximate surface area is 115 Å². The SMILES string of the molecule is Cn1c(=O)oc2cc(C(Br)CC(C)(C)C)ccc21. The van der Waals surface area contributed by atoms with E-state index in [0.717, 1.165) is 17.5 Å². The topological polar surface area (TPSA) is 35.1 Å². The first-order valence-electron chi connectivity index (χ1n) is 6.01. The van der Waals surface area contributed by atoms with E-state index in [1.807, 2.05) is 18.2 Å². The van der Waals surface area contributed by atoms with Gasteiger partial charge in [-0.2, -0.15) is 0 Å². The standard InChI is InChI=1S/C14H18BrNO2/c1-14(2,3)8-10(15)9-5-6-11-12(7-9)18-13(17)16(11)4/h5-7,10H,8H2,1-4H3. The van der Waals surface area contributed by atoms with E-state index >= 15 is 0 Å². The van der Waals surface area contributed by atoms with E-state index in [0.29, 0.717) is 5.58 Å². The molecule has 2 rings (SSSR count). The fourth-order valence-electron chi connectivity index (χ4n) is 2.00. The minimum atomic E-state index is -0.316. The molecule has 18 heavy (non-hydrogen) atoms. The van der Waals surface area contributed by atoms with Crippen LogP contribution in [-0.4, -0.2) is 4.57 Å². The van der Waals surface area contributed by atoms with Gasteiger partial charge in [-0.1, -0.05) is 42.8 Å². The number of aromatic nitrogens is 1. The zero-order valence-electron chi connectivity index (χ0n) is 11.2. The summed E-state index contributed by atoms with van der Waals surface area (Å²) in [5.41, 5.74) is 2.88. The van der Waals surface area contributed by atoms with Crippen LogP contribution in [0.15, 0.2) is 27.4 Å². The molecule has 3 nitrogen and oxygen atoms in total. The Morgan fingerprint density at radius 1 is 1.39 bits per heavy atom. The van der Waals surface area contributed by atoms with Gasteiger partial charge in [-0.15, -0.1) is 0 Å². The van der Waals surface area contributed by atoms with Gasteiger partial charge in [0.25, 0.3) is 0 Å². The lowest BCUT2D eigenvalue weighted by molar-refractivity contribution is 0.377. The summed E-state index contributed by atoms with van der Waals surface area (Å²) >= 11 is 3.71. The maximum Gasteiger partial charge on any atom is 0.419 e. The van der Waals surface area contributed by atoms with E-state index in [-0.39, 0.29) is 16.0 Å². The van der Waals surface area contributed by atoms with Crippen LogP contribution in [0.5, 0.6) is 0 Å². The fourth-order valence-corrected chi connectivity index (χ4v) is 3.26. The van der Waals surface area contributed by atoms with Crippen LogP contribution in [0.3, 0.4) is 0 Å². The molecule has 0 radical (unpaired) electrons. The smallest absolute Gasteiger partial charge is 0.408 e. The highest BCUT2D eigenvalue weighted by Gasteiger charge is 2.19. The molecule has 0 fully saturated rings. The summed E-state index contributed by atoms with van der Waals surface area (Å²) < 4.78 is 6.73. The van der Waals surface area contributed by atoms with Gasteiger partial charge in [-0.25, -0.2) is 4.79 Å². The van der Waals surface area contributed by atoms with Crippen LogP contribution in [0.1, 0.15) is 37.6 Å². The van der Waals surface area contributed by atoms with Gasteiger partial charge in [-0.05, 0) is 29.5 Å². The number of benzene rings is 1. The number of hydrogen-bond acceptors (Lipinski definition) is 2. The molecule has 0 aliphatic carbocycles. The molecule has 98 valence electrons. The molecule has 0 N–H and O–H groups in total. The van der Waals surface area contributed by atoms with E-state index < -0.39 is 0 Å². The van der Waals surface area contributed by atoms with Gasteiger partial charge in [0.2, 0.25) is 0 Å². The van der Waals surface area contributed by atoms with Gasteiger partial charge in [0, 0.05) is 11.9 Å². The first kappa shape index (κ1) is 13.4. The van der Waals surface area contributed by atoms with Crippen molar-refractivity contribution < 1.29 is 4.42 Å². The van der Waals surface area contributed by atoms with Crippen molar-refractivity contribution in [2.24, 2.45) is 12.5 Å². The number of oxazole rings is 1. The molecule has 1 unspecified atom stereocenters. The molecule has 2 aromatic rings. The van der Waals surface area contributed by atoms with Crippen molar-refractivity contribution in [3.63, 3.8) is 0 Å². The van der Waals surface area contributed by atoms with E-state index in [1.54, 1.807) is 7.05 Å². The Hall–Kier alpha value is -1.03. The lowest BCUT2D eigenvalue weighted by atomic mass is 9.88. The van der Waals surface area contributed by atoms with E-state index in [9.17, 15) is 4.79 Å². The third-order valence-corrected chi connectivity index (χ3v) is 3.82. The van der Waals surface area contributed by atoms with Gasteiger partial charge in [0.15, 0.2) is 5.58 Å². The predicted molar refractivity (Wildman–Crippen MR) is 77.2 cm³/mol. The largest absolute Gasteiger partial charge is 0.419 e. The van der Waals surface area contributed by atoms with Crippen LogP contribution in [-0.2, 0) is 7.05 Å². The average Bonchev–Trinajstić information content (AvgIpc) is 2.52. The molecule has 0 amide bonds. The maximum atomic E-state index is 11.4. The highest BCUT2D eigenvalue weighted by Crippen LogP contribution is 2.36. The maximum absolute atomic E-state index is 11.4. The zero-order valence-corrected chi connectivity index (χ0v) is 12.7. The number of aryl methyl sites for hydroxylation is 1. The summed E-state index contributed by atoms with van der Waals surface area (Å²) in [6.07, 6.45) is 1.02. The monoisotopic (exact) mass is 311 g/mol. The molecular formula is C14H18BrNO2. The van der Waals surface area contributed by atoms with Crippen molar-refractivity contribution in [2.75, 3.05) is 0 Å². The molecule has 1 aromatic heterocycles. The Morgan fingerprint density at radius 2 is 2.06 bits per heavy atom. The van der Waals surface area contributed by atoms with E-state index in [4.69, 9.17) is 4.42 Å². The number of alkyl halides is 1. The molecule has 0 saturated heterocycles. The van der Waals surface area contributed by atoms with Crippen LogP contribution in [0.25, 0.3) is 11.1 Å². The van der Waals surface area contributed by atoms with Gasteiger partial charge in [0.1, 0.15) is 0 Å². The molecular weight excluding hydrogens is 294 g/mol. The highest BCUT2D eigenvalue weighted by molar-refractivity contribution is 9.09. The molecule has 1 heterocycles. The van der Waals surface area contributed by atoms with Crippen molar-refractivity contribution >= 4 is 27.0 Å². The molecule has 0 saturated carbocycles. The molecule has 0 spiro atoms. The molecule has 4 heteroatoms. The lowest BCUT2D eigenvalue weighted by Gasteiger charge is -2.22. The molecule has 0 bridgehead atoms. The number of fused-ring (bicyclic) bond motifs is 1. The Bertz CT molecular complexity index is 619. The summed E-state index contributed by atoms with van der Waals surface area (Å²) in [5, 5.41) is 0. The van der Waals surface area contributed by atoms with Gasteiger partial charge >= 0.3 is 5.76 Å².